The summed E-state index contributed by atoms with van der Waals surface area (Å²) >= 11 is 0. The topological polar surface area (TPSA) is 93.6 Å². The Hall–Kier alpha value is -1.70. The van der Waals surface area contributed by atoms with Gasteiger partial charge in [-0.05, 0) is 36.6 Å². The highest BCUT2D eigenvalue weighted by Crippen LogP contribution is 2.34. The maximum Gasteiger partial charge on any atom is 0.336 e. The van der Waals surface area contributed by atoms with Crippen LogP contribution in [0.1, 0.15) is 16.7 Å². The van der Waals surface area contributed by atoms with Gasteiger partial charge in [-0.1, -0.05) is 6.07 Å². The monoisotopic (exact) mass is 362 g/mol. The van der Waals surface area contributed by atoms with Crippen molar-refractivity contribution in [2.75, 3.05) is 18.8 Å². The van der Waals surface area contributed by atoms with Crippen molar-refractivity contribution in [1.82, 2.24) is 4.90 Å². The van der Waals surface area contributed by atoms with Crippen molar-refractivity contribution in [2.45, 2.75) is 31.7 Å². The average molecular weight is 362 g/mol. The van der Waals surface area contributed by atoms with Crippen molar-refractivity contribution >= 4 is 20.8 Å². The number of hydrogen-bond donors (Lipinski definition) is 1. The Morgan fingerprint density at radius 3 is 2.72 bits per heavy atom. The Kier molecular flexibility index (Phi) is 3.79. The Bertz CT molecular complexity index is 1010. The zero-order valence-corrected chi connectivity index (χ0v) is 15.2. The molecule has 0 radical (unpaired) electrons. The molecule has 2 saturated heterocycles. The molecule has 2 aromatic rings. The minimum Gasteiger partial charge on any atom is -0.422 e. The maximum atomic E-state index is 12.2. The first-order valence-electron chi connectivity index (χ1n) is 8.48. The molecular formula is C18H22N2O4S. The molecule has 6 nitrogen and oxygen atoms in total. The summed E-state index contributed by atoms with van der Waals surface area (Å²) < 4.78 is 29.9. The number of sulfone groups is 1. The van der Waals surface area contributed by atoms with Gasteiger partial charge in [-0.25, -0.2) is 13.2 Å². The molecule has 0 unspecified atom stereocenters. The molecule has 2 fully saturated rings. The van der Waals surface area contributed by atoms with Gasteiger partial charge >= 0.3 is 5.63 Å². The smallest absolute Gasteiger partial charge is 0.336 e. The molecule has 0 spiro atoms. The molecule has 0 amide bonds. The normalized spacial score (nSPS) is 28.5. The Morgan fingerprint density at radius 1 is 1.24 bits per heavy atom. The van der Waals surface area contributed by atoms with Crippen LogP contribution in [0.2, 0.25) is 0 Å². The van der Waals surface area contributed by atoms with E-state index in [2.05, 4.69) is 4.90 Å². The molecule has 4 rings (SSSR count). The van der Waals surface area contributed by atoms with Gasteiger partial charge in [0.15, 0.2) is 9.84 Å². The minimum absolute atomic E-state index is 0.0140. The van der Waals surface area contributed by atoms with Gasteiger partial charge in [0.05, 0.1) is 11.0 Å². The van der Waals surface area contributed by atoms with E-state index in [9.17, 15) is 13.2 Å². The minimum atomic E-state index is -3.11. The van der Waals surface area contributed by atoms with Gasteiger partial charge in [-0.15, -0.1) is 0 Å². The highest BCUT2D eigenvalue weighted by molar-refractivity contribution is 7.92. The summed E-state index contributed by atoms with van der Waals surface area (Å²) in [7, 11) is -3.11. The van der Waals surface area contributed by atoms with Crippen LogP contribution in [-0.4, -0.2) is 43.5 Å². The van der Waals surface area contributed by atoms with E-state index < -0.39 is 9.84 Å². The van der Waals surface area contributed by atoms with Crippen LogP contribution in [0.3, 0.4) is 0 Å². The van der Waals surface area contributed by atoms with Gasteiger partial charge < -0.3 is 10.2 Å². The zero-order chi connectivity index (χ0) is 17.9. The molecule has 1 aromatic carbocycles. The number of nitrogens with zero attached hydrogens (tertiary/aromatic N) is 1. The lowest BCUT2D eigenvalue weighted by Gasteiger charge is -2.19. The lowest BCUT2D eigenvalue weighted by atomic mass is 10.0. The predicted octanol–water partition coefficient (Wildman–Crippen LogP) is 0.966. The van der Waals surface area contributed by atoms with Crippen molar-refractivity contribution in [1.29, 1.82) is 0 Å². The number of aryl methyl sites for hydroxylation is 2. The summed E-state index contributed by atoms with van der Waals surface area (Å²) in [6, 6.07) is 5.23. The van der Waals surface area contributed by atoms with Crippen molar-refractivity contribution in [3.63, 3.8) is 0 Å². The van der Waals surface area contributed by atoms with Crippen LogP contribution in [0.15, 0.2) is 27.4 Å². The van der Waals surface area contributed by atoms with Crippen molar-refractivity contribution in [2.24, 2.45) is 11.7 Å². The molecule has 3 atom stereocenters. The predicted molar refractivity (Wildman–Crippen MR) is 96.3 cm³/mol. The van der Waals surface area contributed by atoms with Crippen LogP contribution in [0, 0.1) is 19.8 Å². The molecular weight excluding hydrogens is 340 g/mol. The first-order chi connectivity index (χ1) is 11.7. The van der Waals surface area contributed by atoms with Crippen LogP contribution in [0.4, 0.5) is 0 Å². The second-order valence-corrected chi connectivity index (χ2v) is 9.70. The van der Waals surface area contributed by atoms with Gasteiger partial charge in [-0.2, -0.15) is 0 Å². The summed E-state index contributed by atoms with van der Waals surface area (Å²) in [5.41, 5.74) is 9.17. The SMILES string of the molecule is Cc1cc(C)c2oc(=O)cc(CN3C[C@H]4[C@H](N)CS(=O)(=O)[C@H]4C3)c2c1. The molecule has 2 aliphatic heterocycles. The lowest BCUT2D eigenvalue weighted by Crippen LogP contribution is -2.33. The molecule has 7 heteroatoms. The zero-order valence-electron chi connectivity index (χ0n) is 14.4. The largest absolute Gasteiger partial charge is 0.422 e. The van der Waals surface area contributed by atoms with E-state index in [0.29, 0.717) is 25.2 Å². The van der Waals surface area contributed by atoms with Gasteiger partial charge in [0.2, 0.25) is 0 Å². The molecule has 1 aromatic heterocycles. The summed E-state index contributed by atoms with van der Waals surface area (Å²) in [4.78, 5) is 14.1. The van der Waals surface area contributed by atoms with E-state index in [4.69, 9.17) is 10.2 Å². The molecule has 134 valence electrons. The summed E-state index contributed by atoms with van der Waals surface area (Å²) in [6.45, 7) is 5.59. The maximum absolute atomic E-state index is 12.2. The second-order valence-electron chi connectivity index (χ2n) is 7.44. The summed E-state index contributed by atoms with van der Waals surface area (Å²) in [5.74, 6) is 0.0757. The molecule has 3 heterocycles. The first kappa shape index (κ1) is 16.8. The van der Waals surface area contributed by atoms with Crippen LogP contribution < -0.4 is 11.4 Å². The number of likely N-dealkylation sites (tertiary alicyclic amines) is 1. The summed E-state index contributed by atoms with van der Waals surface area (Å²) in [6.07, 6.45) is 0. The average Bonchev–Trinajstić information content (AvgIpc) is 3.00. The van der Waals surface area contributed by atoms with E-state index >= 15 is 0 Å². The van der Waals surface area contributed by atoms with E-state index in [1.165, 1.54) is 6.07 Å². The highest BCUT2D eigenvalue weighted by Gasteiger charge is 2.50. The Labute approximate surface area is 146 Å². The van der Waals surface area contributed by atoms with Crippen LogP contribution in [0.25, 0.3) is 11.0 Å². The molecule has 0 saturated carbocycles. The number of hydrogen-bond acceptors (Lipinski definition) is 6. The van der Waals surface area contributed by atoms with Crippen molar-refractivity contribution < 1.29 is 12.8 Å². The lowest BCUT2D eigenvalue weighted by molar-refractivity contribution is 0.308. The number of nitrogens with two attached hydrogens (primary N) is 1. The van der Waals surface area contributed by atoms with E-state index in [0.717, 1.165) is 22.1 Å². The Morgan fingerprint density at radius 2 is 2.00 bits per heavy atom. The molecule has 25 heavy (non-hydrogen) atoms. The molecule has 0 aliphatic carbocycles. The van der Waals surface area contributed by atoms with Crippen LogP contribution >= 0.6 is 0 Å². The van der Waals surface area contributed by atoms with Crippen LogP contribution in [-0.2, 0) is 16.4 Å². The fraction of sp³-hybridized carbons (Fsp3) is 0.500. The van der Waals surface area contributed by atoms with Gasteiger partial charge in [0, 0.05) is 43.0 Å². The molecule has 2 N–H and O–H groups in total. The second kappa shape index (κ2) is 5.65. The fourth-order valence-electron chi connectivity index (χ4n) is 4.37. The Balaban J connectivity index is 1.70. The number of rotatable bonds is 2. The van der Waals surface area contributed by atoms with Gasteiger partial charge in [-0.3, -0.25) is 4.90 Å². The van der Waals surface area contributed by atoms with Crippen molar-refractivity contribution in [3.05, 3.63) is 45.3 Å². The van der Waals surface area contributed by atoms with Gasteiger partial charge in [0.1, 0.15) is 5.58 Å². The van der Waals surface area contributed by atoms with Crippen molar-refractivity contribution in [3.8, 4) is 0 Å². The van der Waals surface area contributed by atoms with Crippen LogP contribution in [0.5, 0.6) is 0 Å². The van der Waals surface area contributed by atoms with E-state index in [1.54, 1.807) is 0 Å². The number of benzene rings is 1. The quantitative estimate of drug-likeness (QED) is 0.800. The molecule has 2 aliphatic rings. The van der Waals surface area contributed by atoms with Gasteiger partial charge in [0.25, 0.3) is 0 Å². The summed E-state index contributed by atoms with van der Waals surface area (Å²) in [5, 5.41) is 0.540. The fourth-order valence-corrected chi connectivity index (χ4v) is 6.66. The standard InChI is InChI=1S/C18H22N2O4S/c1-10-3-11(2)18-13(4-10)12(5-17(21)24-18)6-20-7-14-15(19)9-25(22,23)16(14)8-20/h3-5,14-16H,6-9,19H2,1-2H3/t14-,15+,16-/m0/s1. The number of fused-ring (bicyclic) bond motifs is 2. The van der Waals surface area contributed by atoms with E-state index in [-0.39, 0.29) is 28.6 Å². The third-order valence-electron chi connectivity index (χ3n) is 5.47. The molecule has 0 bridgehead atoms. The highest BCUT2D eigenvalue weighted by atomic mass is 32.2. The first-order valence-corrected chi connectivity index (χ1v) is 10.2. The van der Waals surface area contributed by atoms with E-state index in [1.807, 2.05) is 26.0 Å². The third-order valence-corrected chi connectivity index (χ3v) is 7.74. The third kappa shape index (κ3) is 2.80.